The van der Waals surface area contributed by atoms with Crippen molar-refractivity contribution in [3.05, 3.63) is 0 Å². The Balaban J connectivity index is 3.14. The summed E-state index contributed by atoms with van der Waals surface area (Å²) in [7, 11) is -10.1. The maximum absolute atomic E-state index is 11.3. The Morgan fingerprint density at radius 2 is 1.31 bits per heavy atom. The molecular formula is C7H17NO6P2. The molecule has 9 heteroatoms. The Labute approximate surface area is 93.4 Å². The first-order valence-electron chi connectivity index (χ1n) is 5.01. The van der Waals surface area contributed by atoms with Gasteiger partial charge >= 0.3 is 15.2 Å². The summed E-state index contributed by atoms with van der Waals surface area (Å²) in [4.78, 5) is 36.5. The third-order valence-corrected chi connectivity index (χ3v) is 7.30. The van der Waals surface area contributed by atoms with Gasteiger partial charge in [-0.15, -0.1) is 0 Å². The second kappa shape index (κ2) is 4.50. The van der Waals surface area contributed by atoms with E-state index in [0.29, 0.717) is 25.7 Å². The molecule has 0 aromatic heterocycles. The van der Waals surface area contributed by atoms with E-state index in [1.54, 1.807) is 0 Å². The number of hydrogen-bond donors (Lipinski definition) is 5. The minimum atomic E-state index is -5.06. The van der Waals surface area contributed by atoms with E-state index in [0.717, 1.165) is 6.42 Å². The van der Waals surface area contributed by atoms with Gasteiger partial charge in [-0.1, -0.05) is 19.3 Å². The second-order valence-electron chi connectivity index (χ2n) is 4.21. The van der Waals surface area contributed by atoms with Crippen molar-refractivity contribution in [3.63, 3.8) is 0 Å². The van der Waals surface area contributed by atoms with Crippen molar-refractivity contribution in [2.24, 2.45) is 11.7 Å². The zero-order valence-corrected chi connectivity index (χ0v) is 10.5. The van der Waals surface area contributed by atoms with Crippen molar-refractivity contribution in [3.8, 4) is 0 Å². The summed E-state index contributed by atoms with van der Waals surface area (Å²) in [5, 5.41) is -2.72. The van der Waals surface area contributed by atoms with Crippen LogP contribution in [0.2, 0.25) is 0 Å². The van der Waals surface area contributed by atoms with Crippen LogP contribution in [0.15, 0.2) is 0 Å². The monoisotopic (exact) mass is 273 g/mol. The topological polar surface area (TPSA) is 141 Å². The molecule has 0 aromatic rings. The Morgan fingerprint density at radius 1 is 0.938 bits per heavy atom. The van der Waals surface area contributed by atoms with Crippen molar-refractivity contribution in [2.75, 3.05) is 0 Å². The van der Waals surface area contributed by atoms with Gasteiger partial charge in [0.1, 0.15) is 0 Å². The molecule has 0 unspecified atom stereocenters. The maximum Gasteiger partial charge on any atom is 0.357 e. The first-order chi connectivity index (χ1) is 7.11. The van der Waals surface area contributed by atoms with Crippen LogP contribution in [-0.2, 0) is 9.13 Å². The normalized spacial score (nSPS) is 21.1. The smallest absolute Gasteiger partial charge is 0.323 e. The fourth-order valence-corrected chi connectivity index (χ4v) is 5.00. The highest BCUT2D eigenvalue weighted by molar-refractivity contribution is 7.72. The van der Waals surface area contributed by atoms with Crippen molar-refractivity contribution in [1.82, 2.24) is 0 Å². The highest BCUT2D eigenvalue weighted by Crippen LogP contribution is 2.70. The average Bonchev–Trinajstić information content (AvgIpc) is 2.14. The van der Waals surface area contributed by atoms with E-state index in [4.69, 9.17) is 25.3 Å². The zero-order chi connectivity index (χ0) is 12.6. The van der Waals surface area contributed by atoms with Gasteiger partial charge < -0.3 is 25.3 Å². The molecule has 1 fully saturated rings. The molecule has 6 N–H and O–H groups in total. The molecule has 1 aliphatic carbocycles. The molecule has 1 aliphatic rings. The first-order valence-corrected chi connectivity index (χ1v) is 8.23. The van der Waals surface area contributed by atoms with Gasteiger partial charge in [-0.05, 0) is 12.8 Å². The lowest BCUT2D eigenvalue weighted by atomic mass is 9.89. The summed E-state index contributed by atoms with van der Waals surface area (Å²) in [6, 6.07) is 0. The van der Waals surface area contributed by atoms with Crippen LogP contribution in [0.3, 0.4) is 0 Å². The largest absolute Gasteiger partial charge is 0.357 e. The van der Waals surface area contributed by atoms with Gasteiger partial charge in [0.15, 0.2) is 0 Å². The fraction of sp³-hybridized carbons (Fsp3) is 1.00. The van der Waals surface area contributed by atoms with Crippen LogP contribution in [0, 0.1) is 5.92 Å². The van der Waals surface area contributed by atoms with Gasteiger partial charge in [0, 0.05) is 5.92 Å². The molecule has 0 heterocycles. The lowest BCUT2D eigenvalue weighted by Gasteiger charge is -2.39. The summed E-state index contributed by atoms with van der Waals surface area (Å²) < 4.78 is 22.6. The van der Waals surface area contributed by atoms with E-state index < -0.39 is 26.1 Å². The van der Waals surface area contributed by atoms with E-state index in [1.165, 1.54) is 0 Å². The van der Waals surface area contributed by atoms with Crippen molar-refractivity contribution in [2.45, 2.75) is 37.1 Å². The van der Waals surface area contributed by atoms with E-state index >= 15 is 0 Å². The summed E-state index contributed by atoms with van der Waals surface area (Å²) in [5.41, 5.74) is 5.40. The molecule has 0 aromatic carbocycles. The highest BCUT2D eigenvalue weighted by Gasteiger charge is 2.61. The van der Waals surface area contributed by atoms with Crippen molar-refractivity contribution < 1.29 is 28.7 Å². The molecule has 0 bridgehead atoms. The summed E-state index contributed by atoms with van der Waals surface area (Å²) in [6.07, 6.45) is 2.95. The minimum absolute atomic E-state index is 0.340. The third-order valence-electron chi connectivity index (χ3n) is 3.14. The summed E-state index contributed by atoms with van der Waals surface area (Å²) >= 11 is 0. The SMILES string of the molecule is NC(C1CCCCC1)(P(=O)(O)O)P(=O)(O)O. The van der Waals surface area contributed by atoms with Crippen LogP contribution < -0.4 is 5.73 Å². The molecule has 1 rings (SSSR count). The highest BCUT2D eigenvalue weighted by atomic mass is 31.2. The molecule has 96 valence electrons. The fourth-order valence-electron chi connectivity index (χ4n) is 2.17. The van der Waals surface area contributed by atoms with Crippen LogP contribution in [0.25, 0.3) is 0 Å². The Kier molecular flexibility index (Phi) is 4.03. The third kappa shape index (κ3) is 2.41. The number of nitrogens with two attached hydrogens (primary N) is 1. The van der Waals surface area contributed by atoms with Gasteiger partial charge in [-0.2, -0.15) is 0 Å². The van der Waals surface area contributed by atoms with Gasteiger partial charge in [0.25, 0.3) is 0 Å². The predicted octanol–water partition coefficient (Wildman–Crippen LogP) is 0.535. The standard InChI is InChI=1S/C7H17NO6P2/c8-7(15(9,10)11,16(12,13)14)6-4-2-1-3-5-6/h6H,1-5,8H2,(H2,9,10,11)(H2,12,13,14). The lowest BCUT2D eigenvalue weighted by Crippen LogP contribution is -2.47. The Morgan fingerprint density at radius 3 is 1.62 bits per heavy atom. The quantitative estimate of drug-likeness (QED) is 0.472. The zero-order valence-electron chi connectivity index (χ0n) is 8.69. The molecule has 0 saturated heterocycles. The Hall–Kier alpha value is 0.260. The first kappa shape index (κ1) is 14.3. The molecule has 16 heavy (non-hydrogen) atoms. The lowest BCUT2D eigenvalue weighted by molar-refractivity contribution is 0.235. The van der Waals surface area contributed by atoms with Gasteiger partial charge in [-0.25, -0.2) is 0 Å². The molecule has 0 radical (unpaired) electrons. The van der Waals surface area contributed by atoms with Crippen LogP contribution in [-0.4, -0.2) is 24.6 Å². The number of rotatable bonds is 3. The molecule has 0 atom stereocenters. The van der Waals surface area contributed by atoms with E-state index in [-0.39, 0.29) is 0 Å². The Bertz CT molecular complexity index is 319. The maximum atomic E-state index is 11.3. The second-order valence-corrected chi connectivity index (χ2v) is 8.21. The number of hydrogen-bond acceptors (Lipinski definition) is 3. The molecule has 0 spiro atoms. The van der Waals surface area contributed by atoms with Crippen LogP contribution >= 0.6 is 15.2 Å². The van der Waals surface area contributed by atoms with Gasteiger partial charge in [-0.3, -0.25) is 9.13 Å². The van der Waals surface area contributed by atoms with Crippen LogP contribution in [0.1, 0.15) is 32.1 Å². The van der Waals surface area contributed by atoms with E-state index in [9.17, 15) is 9.13 Å². The molecule has 7 nitrogen and oxygen atoms in total. The summed E-state index contributed by atoms with van der Waals surface area (Å²) in [5.74, 6) is -0.831. The van der Waals surface area contributed by atoms with Crippen LogP contribution in [0.4, 0.5) is 0 Å². The summed E-state index contributed by atoms with van der Waals surface area (Å²) in [6.45, 7) is 0. The van der Waals surface area contributed by atoms with Gasteiger partial charge in [0.05, 0.1) is 0 Å². The minimum Gasteiger partial charge on any atom is -0.323 e. The van der Waals surface area contributed by atoms with Crippen molar-refractivity contribution >= 4 is 15.2 Å². The van der Waals surface area contributed by atoms with Crippen LogP contribution in [0.5, 0.6) is 0 Å². The van der Waals surface area contributed by atoms with E-state index in [1.807, 2.05) is 0 Å². The average molecular weight is 273 g/mol. The molecule has 0 amide bonds. The molecular weight excluding hydrogens is 256 g/mol. The van der Waals surface area contributed by atoms with Gasteiger partial charge in [0.2, 0.25) is 5.02 Å². The van der Waals surface area contributed by atoms with E-state index in [2.05, 4.69) is 0 Å². The van der Waals surface area contributed by atoms with Crippen molar-refractivity contribution in [1.29, 1.82) is 0 Å². The molecule has 1 saturated carbocycles. The predicted molar refractivity (Wildman–Crippen MR) is 57.6 cm³/mol. The molecule has 0 aliphatic heterocycles.